The minimum atomic E-state index is -0.271. The summed E-state index contributed by atoms with van der Waals surface area (Å²) in [4.78, 5) is 35.9. The summed E-state index contributed by atoms with van der Waals surface area (Å²) in [6.07, 6.45) is 1.05. The number of Topliss-reactive ketones (excluding diaryl/α,β-unsaturated/α-hetero) is 1. The van der Waals surface area contributed by atoms with E-state index in [1.165, 1.54) is 6.07 Å². The SMILES string of the molecule is Cc1ccc(-c2ccc(=O)[nH]n2)cc1NC(=O)c1cccc2c1CCC2=O. The standard InChI is InChI=1S/C21H17N3O3/c1-12-5-6-13(17-8-10-20(26)24-23-17)11-18(12)22-21(27)16-4-2-3-15-14(16)7-9-19(15)25/h2-6,8,10-11H,7,9H2,1H3,(H,22,27)(H,24,26). The molecule has 27 heavy (non-hydrogen) atoms. The summed E-state index contributed by atoms with van der Waals surface area (Å²) >= 11 is 0. The lowest BCUT2D eigenvalue weighted by atomic mass is 10.0. The first-order valence-electron chi connectivity index (χ1n) is 8.66. The van der Waals surface area contributed by atoms with Crippen molar-refractivity contribution in [2.24, 2.45) is 0 Å². The van der Waals surface area contributed by atoms with Gasteiger partial charge in [0.15, 0.2) is 5.78 Å². The first-order chi connectivity index (χ1) is 13.0. The number of aromatic amines is 1. The van der Waals surface area contributed by atoms with Gasteiger partial charge in [0, 0.05) is 34.9 Å². The van der Waals surface area contributed by atoms with Gasteiger partial charge in [-0.05, 0) is 42.7 Å². The molecule has 4 rings (SSSR count). The molecule has 1 heterocycles. The molecule has 2 N–H and O–H groups in total. The van der Waals surface area contributed by atoms with Crippen LogP contribution in [0.3, 0.4) is 0 Å². The minimum absolute atomic E-state index is 0.0852. The first kappa shape index (κ1) is 16.9. The molecule has 6 nitrogen and oxygen atoms in total. The smallest absolute Gasteiger partial charge is 0.264 e. The number of carbonyl (C=O) groups excluding carboxylic acids is 2. The average Bonchev–Trinajstić information content (AvgIpc) is 3.05. The third-order valence-corrected chi connectivity index (χ3v) is 4.78. The van der Waals surface area contributed by atoms with Crippen LogP contribution in [-0.4, -0.2) is 21.9 Å². The Bertz CT molecular complexity index is 1110. The summed E-state index contributed by atoms with van der Waals surface area (Å²) in [7, 11) is 0. The lowest BCUT2D eigenvalue weighted by Gasteiger charge is -2.12. The molecule has 0 spiro atoms. The van der Waals surface area contributed by atoms with Gasteiger partial charge in [-0.25, -0.2) is 5.10 Å². The van der Waals surface area contributed by atoms with E-state index in [2.05, 4.69) is 15.5 Å². The van der Waals surface area contributed by atoms with E-state index >= 15 is 0 Å². The van der Waals surface area contributed by atoms with Crippen LogP contribution >= 0.6 is 0 Å². The van der Waals surface area contributed by atoms with Gasteiger partial charge in [-0.1, -0.05) is 24.3 Å². The number of hydrogen-bond donors (Lipinski definition) is 2. The highest BCUT2D eigenvalue weighted by atomic mass is 16.2. The van der Waals surface area contributed by atoms with Gasteiger partial charge in [0.2, 0.25) is 0 Å². The Kier molecular flexibility index (Phi) is 4.16. The number of hydrogen-bond acceptors (Lipinski definition) is 4. The number of nitrogens with one attached hydrogen (secondary N) is 2. The second-order valence-electron chi connectivity index (χ2n) is 6.55. The third kappa shape index (κ3) is 3.17. The summed E-state index contributed by atoms with van der Waals surface area (Å²) in [5.41, 5.74) is 4.67. The number of benzene rings is 2. The monoisotopic (exact) mass is 359 g/mol. The minimum Gasteiger partial charge on any atom is -0.322 e. The molecule has 3 aromatic rings. The zero-order chi connectivity index (χ0) is 19.0. The number of H-pyrrole nitrogens is 1. The number of ketones is 1. The van der Waals surface area contributed by atoms with Crippen molar-refractivity contribution < 1.29 is 9.59 Å². The molecule has 0 saturated carbocycles. The van der Waals surface area contributed by atoms with E-state index in [-0.39, 0.29) is 17.2 Å². The summed E-state index contributed by atoms with van der Waals surface area (Å²) in [6, 6.07) is 13.9. The molecular weight excluding hydrogens is 342 g/mol. The van der Waals surface area contributed by atoms with Crippen LogP contribution in [0.1, 0.15) is 38.3 Å². The Morgan fingerprint density at radius 3 is 2.70 bits per heavy atom. The Balaban J connectivity index is 1.66. The van der Waals surface area contributed by atoms with Crippen molar-refractivity contribution in [2.45, 2.75) is 19.8 Å². The van der Waals surface area contributed by atoms with E-state index < -0.39 is 0 Å². The zero-order valence-electron chi connectivity index (χ0n) is 14.7. The van der Waals surface area contributed by atoms with Gasteiger partial charge in [-0.3, -0.25) is 14.4 Å². The first-order valence-corrected chi connectivity index (χ1v) is 8.66. The van der Waals surface area contributed by atoms with E-state index in [1.807, 2.05) is 25.1 Å². The Morgan fingerprint density at radius 2 is 1.93 bits per heavy atom. The molecule has 1 aliphatic carbocycles. The summed E-state index contributed by atoms with van der Waals surface area (Å²) in [5, 5.41) is 9.37. The van der Waals surface area contributed by atoms with Crippen LogP contribution in [0.15, 0.2) is 53.3 Å². The van der Waals surface area contributed by atoms with Gasteiger partial charge in [-0.15, -0.1) is 0 Å². The molecule has 0 aliphatic heterocycles. The number of nitrogens with zero attached hydrogens (tertiary/aromatic N) is 1. The Labute approximate surface area is 155 Å². The maximum atomic E-state index is 12.8. The van der Waals surface area contributed by atoms with Crippen molar-refractivity contribution in [1.82, 2.24) is 10.2 Å². The summed E-state index contributed by atoms with van der Waals surface area (Å²) in [5.74, 6) is -0.154. The van der Waals surface area contributed by atoms with E-state index in [9.17, 15) is 14.4 Å². The summed E-state index contributed by atoms with van der Waals surface area (Å²) in [6.45, 7) is 1.90. The number of amides is 1. The molecule has 0 fully saturated rings. The van der Waals surface area contributed by atoms with Gasteiger partial charge in [0.25, 0.3) is 11.5 Å². The molecule has 1 amide bonds. The molecule has 6 heteroatoms. The predicted octanol–water partition coefficient (Wildman–Crippen LogP) is 3.13. The maximum Gasteiger partial charge on any atom is 0.264 e. The molecule has 0 atom stereocenters. The number of aryl methyl sites for hydroxylation is 1. The van der Waals surface area contributed by atoms with Gasteiger partial charge < -0.3 is 5.32 Å². The van der Waals surface area contributed by atoms with Crippen LogP contribution in [0.25, 0.3) is 11.3 Å². The molecular formula is C21H17N3O3. The van der Waals surface area contributed by atoms with Crippen LogP contribution in [0.5, 0.6) is 0 Å². The van der Waals surface area contributed by atoms with Crippen molar-refractivity contribution in [1.29, 1.82) is 0 Å². The predicted molar refractivity (Wildman–Crippen MR) is 102 cm³/mol. The molecule has 0 radical (unpaired) electrons. The topological polar surface area (TPSA) is 91.9 Å². The largest absolute Gasteiger partial charge is 0.322 e. The molecule has 0 bridgehead atoms. The van der Waals surface area contributed by atoms with Crippen molar-refractivity contribution in [3.63, 3.8) is 0 Å². The van der Waals surface area contributed by atoms with E-state index in [4.69, 9.17) is 0 Å². The lowest BCUT2D eigenvalue weighted by molar-refractivity contribution is 0.0993. The summed E-state index contributed by atoms with van der Waals surface area (Å²) < 4.78 is 0. The third-order valence-electron chi connectivity index (χ3n) is 4.78. The fourth-order valence-electron chi connectivity index (χ4n) is 3.31. The van der Waals surface area contributed by atoms with Crippen LogP contribution in [0.4, 0.5) is 5.69 Å². The van der Waals surface area contributed by atoms with Gasteiger partial charge in [-0.2, -0.15) is 5.10 Å². The highest BCUT2D eigenvalue weighted by Crippen LogP contribution is 2.28. The molecule has 1 aromatic heterocycles. The number of anilines is 1. The Morgan fingerprint density at radius 1 is 1.07 bits per heavy atom. The van der Waals surface area contributed by atoms with Crippen LogP contribution in [-0.2, 0) is 6.42 Å². The molecule has 0 unspecified atom stereocenters. The second kappa shape index (κ2) is 6.64. The van der Waals surface area contributed by atoms with Crippen LogP contribution in [0, 0.1) is 6.92 Å². The quantitative estimate of drug-likeness (QED) is 0.751. The molecule has 2 aromatic carbocycles. The second-order valence-corrected chi connectivity index (χ2v) is 6.55. The van der Waals surface area contributed by atoms with Gasteiger partial charge in [0.1, 0.15) is 0 Å². The van der Waals surface area contributed by atoms with Crippen LogP contribution < -0.4 is 10.9 Å². The van der Waals surface area contributed by atoms with E-state index in [0.29, 0.717) is 35.3 Å². The fourth-order valence-corrected chi connectivity index (χ4v) is 3.31. The molecule has 1 aliphatic rings. The highest BCUT2D eigenvalue weighted by molar-refractivity contribution is 6.10. The molecule has 134 valence electrons. The van der Waals surface area contributed by atoms with Crippen molar-refractivity contribution in [3.8, 4) is 11.3 Å². The normalized spacial score (nSPS) is 12.7. The number of aromatic nitrogens is 2. The zero-order valence-corrected chi connectivity index (χ0v) is 14.7. The van der Waals surface area contributed by atoms with Crippen molar-refractivity contribution >= 4 is 17.4 Å². The number of fused-ring (bicyclic) bond motifs is 1. The highest BCUT2D eigenvalue weighted by Gasteiger charge is 2.24. The van der Waals surface area contributed by atoms with Crippen molar-refractivity contribution in [3.05, 3.63) is 81.1 Å². The van der Waals surface area contributed by atoms with Crippen molar-refractivity contribution in [2.75, 3.05) is 5.32 Å². The lowest BCUT2D eigenvalue weighted by Crippen LogP contribution is -2.15. The average molecular weight is 359 g/mol. The van der Waals surface area contributed by atoms with Gasteiger partial charge in [0.05, 0.1) is 5.69 Å². The Hall–Kier alpha value is -3.54. The number of rotatable bonds is 3. The van der Waals surface area contributed by atoms with E-state index in [0.717, 1.165) is 16.7 Å². The maximum absolute atomic E-state index is 12.8. The fraction of sp³-hybridized carbons (Fsp3) is 0.143. The number of carbonyl (C=O) groups is 2. The molecule has 0 saturated heterocycles. The van der Waals surface area contributed by atoms with E-state index in [1.54, 1.807) is 24.3 Å². The van der Waals surface area contributed by atoms with Crippen LogP contribution in [0.2, 0.25) is 0 Å². The van der Waals surface area contributed by atoms with Gasteiger partial charge >= 0.3 is 0 Å².